The van der Waals surface area contributed by atoms with Gasteiger partial charge in [-0.15, -0.1) is 11.3 Å². The van der Waals surface area contributed by atoms with Crippen LogP contribution >= 0.6 is 11.3 Å². The van der Waals surface area contributed by atoms with E-state index in [0.29, 0.717) is 18.4 Å². The molecule has 21 heavy (non-hydrogen) atoms. The molecule has 2 saturated carbocycles. The van der Waals surface area contributed by atoms with Crippen LogP contribution in [0.15, 0.2) is 11.4 Å². The van der Waals surface area contributed by atoms with Gasteiger partial charge >= 0.3 is 0 Å². The van der Waals surface area contributed by atoms with Crippen molar-refractivity contribution < 1.29 is 9.90 Å². The lowest BCUT2D eigenvalue weighted by Gasteiger charge is -2.26. The highest BCUT2D eigenvalue weighted by molar-refractivity contribution is 7.10. The van der Waals surface area contributed by atoms with Crippen molar-refractivity contribution in [2.45, 2.75) is 32.2 Å². The Bertz CT molecular complexity index is 583. The van der Waals surface area contributed by atoms with Crippen molar-refractivity contribution >= 4 is 17.2 Å². The Balaban J connectivity index is 1.59. The zero-order valence-electron chi connectivity index (χ0n) is 12.3. The lowest BCUT2D eigenvalue weighted by atomic mass is 9.88. The molecule has 3 rings (SSSR count). The van der Waals surface area contributed by atoms with Gasteiger partial charge in [-0.2, -0.15) is 0 Å². The maximum absolute atomic E-state index is 12.6. The molecule has 1 aromatic heterocycles. The summed E-state index contributed by atoms with van der Waals surface area (Å²) in [6.07, 6.45) is 4.94. The summed E-state index contributed by atoms with van der Waals surface area (Å²) < 4.78 is 0. The van der Waals surface area contributed by atoms with Crippen molar-refractivity contribution in [2.24, 2.45) is 17.8 Å². The lowest BCUT2D eigenvalue weighted by Crippen LogP contribution is -2.34. The second-order valence-electron chi connectivity index (χ2n) is 6.25. The van der Waals surface area contributed by atoms with Crippen molar-refractivity contribution in [2.75, 3.05) is 13.7 Å². The predicted molar refractivity (Wildman–Crippen MR) is 83.7 cm³/mol. The van der Waals surface area contributed by atoms with Crippen molar-refractivity contribution in [3.8, 4) is 11.8 Å². The largest absolute Gasteiger partial charge is 0.384 e. The van der Waals surface area contributed by atoms with E-state index in [4.69, 9.17) is 5.11 Å². The van der Waals surface area contributed by atoms with Crippen molar-refractivity contribution in [3.63, 3.8) is 0 Å². The number of aliphatic hydroxyl groups excluding tert-OH is 1. The lowest BCUT2D eigenvalue weighted by molar-refractivity contribution is -0.136. The summed E-state index contributed by atoms with van der Waals surface area (Å²) in [5.74, 6) is 7.58. The van der Waals surface area contributed by atoms with Gasteiger partial charge in [-0.05, 0) is 48.1 Å². The van der Waals surface area contributed by atoms with Gasteiger partial charge in [-0.1, -0.05) is 18.3 Å². The van der Waals surface area contributed by atoms with E-state index < -0.39 is 0 Å². The molecule has 2 bridgehead atoms. The van der Waals surface area contributed by atoms with Crippen LogP contribution in [0.2, 0.25) is 0 Å². The van der Waals surface area contributed by atoms with Gasteiger partial charge < -0.3 is 10.0 Å². The molecule has 1 amide bonds. The molecule has 4 heteroatoms. The quantitative estimate of drug-likeness (QED) is 0.872. The zero-order valence-corrected chi connectivity index (χ0v) is 13.2. The third kappa shape index (κ3) is 3.14. The standard InChI is InChI=1S/C17H21NO2S/c1-18(10-13-8-15(21-11-13)3-2-6-19)17(20)16-9-12-4-5-14(16)7-12/h8,11-12,14,16,19H,4-7,9-10H2,1H3. The summed E-state index contributed by atoms with van der Waals surface area (Å²) in [6, 6.07) is 2.01. The first kappa shape index (κ1) is 14.6. The van der Waals surface area contributed by atoms with E-state index in [0.717, 1.165) is 22.8 Å². The Labute approximate surface area is 130 Å². The minimum Gasteiger partial charge on any atom is -0.384 e. The Morgan fingerprint density at radius 2 is 2.33 bits per heavy atom. The van der Waals surface area contributed by atoms with Crippen LogP contribution in [0.25, 0.3) is 0 Å². The highest BCUT2D eigenvalue weighted by atomic mass is 32.1. The van der Waals surface area contributed by atoms with Crippen molar-refractivity contribution in [1.29, 1.82) is 0 Å². The molecular formula is C17H21NO2S. The van der Waals surface area contributed by atoms with Gasteiger partial charge in [0.2, 0.25) is 5.91 Å². The fourth-order valence-electron chi connectivity index (χ4n) is 3.83. The molecule has 1 heterocycles. The zero-order chi connectivity index (χ0) is 14.8. The molecule has 3 unspecified atom stereocenters. The van der Waals surface area contributed by atoms with Gasteiger partial charge in [-0.25, -0.2) is 0 Å². The van der Waals surface area contributed by atoms with Crippen molar-refractivity contribution in [1.82, 2.24) is 4.90 Å². The SMILES string of the molecule is CN(Cc1csc(C#CCO)c1)C(=O)C1CC2CCC1C2. The summed E-state index contributed by atoms with van der Waals surface area (Å²) >= 11 is 1.56. The summed E-state index contributed by atoms with van der Waals surface area (Å²) in [5, 5.41) is 10.8. The third-order valence-electron chi connectivity index (χ3n) is 4.80. The predicted octanol–water partition coefficient (Wildman–Crippen LogP) is 2.49. The highest BCUT2D eigenvalue weighted by Gasteiger charge is 2.43. The van der Waals surface area contributed by atoms with Crippen LogP contribution in [0.4, 0.5) is 0 Å². The number of hydrogen-bond donors (Lipinski definition) is 1. The van der Waals surface area contributed by atoms with E-state index >= 15 is 0 Å². The number of carbonyl (C=O) groups is 1. The van der Waals surface area contributed by atoms with Gasteiger partial charge in [0, 0.05) is 19.5 Å². The number of nitrogens with zero attached hydrogens (tertiary/aromatic N) is 1. The van der Waals surface area contributed by atoms with Crippen LogP contribution in [0, 0.1) is 29.6 Å². The molecule has 1 aromatic rings. The Morgan fingerprint density at radius 1 is 1.48 bits per heavy atom. The fraction of sp³-hybridized carbons (Fsp3) is 0.588. The second kappa shape index (κ2) is 6.21. The molecule has 0 radical (unpaired) electrons. The number of aliphatic hydroxyl groups is 1. The van der Waals surface area contributed by atoms with E-state index in [-0.39, 0.29) is 12.5 Å². The molecule has 0 aliphatic heterocycles. The summed E-state index contributed by atoms with van der Waals surface area (Å²) in [6.45, 7) is 0.542. The van der Waals surface area contributed by atoms with E-state index in [1.807, 2.05) is 23.4 Å². The molecule has 3 nitrogen and oxygen atoms in total. The second-order valence-corrected chi connectivity index (χ2v) is 7.17. The molecule has 1 N–H and O–H groups in total. The molecule has 112 valence electrons. The maximum Gasteiger partial charge on any atom is 0.226 e. The summed E-state index contributed by atoms with van der Waals surface area (Å²) in [4.78, 5) is 15.4. The maximum atomic E-state index is 12.6. The minimum atomic E-state index is -0.115. The number of hydrogen-bond acceptors (Lipinski definition) is 3. The van der Waals surface area contributed by atoms with Gasteiger partial charge in [0.25, 0.3) is 0 Å². The molecule has 3 atom stereocenters. The van der Waals surface area contributed by atoms with Crippen LogP contribution in [0.5, 0.6) is 0 Å². The highest BCUT2D eigenvalue weighted by Crippen LogP contribution is 2.48. The fourth-order valence-corrected chi connectivity index (χ4v) is 4.60. The average molecular weight is 303 g/mol. The van der Waals surface area contributed by atoms with Crippen LogP contribution < -0.4 is 0 Å². The molecule has 2 aliphatic rings. The number of rotatable bonds is 3. The molecular weight excluding hydrogens is 282 g/mol. The average Bonchev–Trinajstić information content (AvgIpc) is 3.20. The summed E-state index contributed by atoms with van der Waals surface area (Å²) in [7, 11) is 1.91. The third-order valence-corrected chi connectivity index (χ3v) is 5.69. The molecule has 0 aromatic carbocycles. The van der Waals surface area contributed by atoms with Crippen LogP contribution in [-0.4, -0.2) is 29.6 Å². The first-order valence-corrected chi connectivity index (χ1v) is 8.47. The molecule has 0 spiro atoms. The van der Waals surface area contributed by atoms with Crippen LogP contribution in [0.1, 0.15) is 36.1 Å². The van der Waals surface area contributed by atoms with E-state index in [1.54, 1.807) is 11.3 Å². The number of carbonyl (C=O) groups excluding carboxylic acids is 1. The summed E-state index contributed by atoms with van der Waals surface area (Å²) in [5.41, 5.74) is 1.13. The Morgan fingerprint density at radius 3 is 3.00 bits per heavy atom. The van der Waals surface area contributed by atoms with Gasteiger partial charge in [0.1, 0.15) is 6.61 Å². The number of amides is 1. The Kier molecular flexibility index (Phi) is 4.32. The van der Waals surface area contributed by atoms with Crippen LogP contribution in [0.3, 0.4) is 0 Å². The minimum absolute atomic E-state index is 0.115. The first-order valence-electron chi connectivity index (χ1n) is 7.59. The van der Waals surface area contributed by atoms with Crippen molar-refractivity contribution in [3.05, 3.63) is 21.9 Å². The molecule has 2 fully saturated rings. The number of thiophene rings is 1. The van der Waals surface area contributed by atoms with Gasteiger partial charge in [-0.3, -0.25) is 4.79 Å². The molecule has 2 aliphatic carbocycles. The smallest absolute Gasteiger partial charge is 0.226 e. The van der Waals surface area contributed by atoms with Gasteiger partial charge in [0.05, 0.1) is 4.88 Å². The normalized spacial score (nSPS) is 26.5. The van der Waals surface area contributed by atoms with E-state index in [2.05, 4.69) is 11.8 Å². The topological polar surface area (TPSA) is 40.5 Å². The monoisotopic (exact) mass is 303 g/mol. The Hall–Kier alpha value is -1.31. The van der Waals surface area contributed by atoms with Gasteiger partial charge in [0.15, 0.2) is 0 Å². The molecule has 0 saturated heterocycles. The first-order chi connectivity index (χ1) is 10.2. The van der Waals surface area contributed by atoms with Crippen LogP contribution in [-0.2, 0) is 11.3 Å². The number of fused-ring (bicyclic) bond motifs is 2. The van der Waals surface area contributed by atoms with E-state index in [1.165, 1.54) is 19.3 Å². The van der Waals surface area contributed by atoms with E-state index in [9.17, 15) is 4.79 Å².